The first-order valence-electron chi connectivity index (χ1n) is 6.74. The van der Waals surface area contributed by atoms with Gasteiger partial charge in [-0.05, 0) is 23.6 Å². The molecule has 7 heteroatoms. The van der Waals surface area contributed by atoms with Crippen LogP contribution < -0.4 is 5.32 Å². The molecular formula is C15H16FN3O3. The minimum atomic E-state index is -1.01. The number of carbonyl (C=O) groups excluding carboxylic acids is 1. The number of benzene rings is 1. The maximum Gasteiger partial charge on any atom is 0.325 e. The van der Waals surface area contributed by atoms with Gasteiger partial charge in [-0.1, -0.05) is 19.1 Å². The molecule has 1 amide bonds. The molecule has 2 aromatic rings. The van der Waals surface area contributed by atoms with Crippen molar-refractivity contribution in [2.75, 3.05) is 5.32 Å². The number of hydrogen-bond donors (Lipinski definition) is 2. The lowest BCUT2D eigenvalue weighted by molar-refractivity contribution is -0.137. The lowest BCUT2D eigenvalue weighted by Gasteiger charge is -2.11. The van der Waals surface area contributed by atoms with Gasteiger partial charge in [-0.15, -0.1) is 0 Å². The molecule has 0 aliphatic rings. The van der Waals surface area contributed by atoms with Crippen molar-refractivity contribution < 1.29 is 19.1 Å². The fourth-order valence-electron chi connectivity index (χ4n) is 2.06. The minimum absolute atomic E-state index is 0.142. The molecule has 2 N–H and O–H groups in total. The van der Waals surface area contributed by atoms with Crippen LogP contribution in [0.15, 0.2) is 36.5 Å². The zero-order valence-corrected chi connectivity index (χ0v) is 12.0. The zero-order valence-electron chi connectivity index (χ0n) is 12.0. The second-order valence-corrected chi connectivity index (χ2v) is 5.00. The number of hydrogen-bond acceptors (Lipinski definition) is 3. The summed E-state index contributed by atoms with van der Waals surface area (Å²) < 4.78 is 14.4. The normalized spacial score (nSPS) is 11.9. The summed E-state index contributed by atoms with van der Waals surface area (Å²) in [4.78, 5) is 22.5. The number of anilines is 1. The van der Waals surface area contributed by atoms with Crippen molar-refractivity contribution in [3.63, 3.8) is 0 Å². The Morgan fingerprint density at radius 3 is 2.86 bits per heavy atom. The zero-order chi connectivity index (χ0) is 16.1. The van der Waals surface area contributed by atoms with Crippen molar-refractivity contribution in [3.05, 3.63) is 47.9 Å². The Balaban J connectivity index is 1.92. The molecule has 22 heavy (non-hydrogen) atoms. The highest BCUT2D eigenvalue weighted by atomic mass is 19.1. The van der Waals surface area contributed by atoms with Crippen molar-refractivity contribution in [2.45, 2.75) is 25.8 Å². The van der Waals surface area contributed by atoms with Crippen LogP contribution in [0, 0.1) is 5.82 Å². The number of rotatable bonds is 6. The Morgan fingerprint density at radius 1 is 1.41 bits per heavy atom. The summed E-state index contributed by atoms with van der Waals surface area (Å²) in [5.74, 6) is -1.47. The van der Waals surface area contributed by atoms with E-state index in [1.54, 1.807) is 12.1 Å². The maximum absolute atomic E-state index is 13.2. The van der Waals surface area contributed by atoms with Gasteiger partial charge in [-0.25, -0.2) is 4.39 Å². The standard InChI is InChI=1S/C15H16FN3O3/c1-10(11-3-2-4-12(16)8-11)7-14(20)17-13-5-6-19(18-13)9-15(21)22/h2-6,8,10H,7,9H2,1H3,(H,21,22)(H,17,18,20). The third-order valence-electron chi connectivity index (χ3n) is 3.11. The number of amides is 1. The Kier molecular flexibility index (Phi) is 4.88. The minimum Gasteiger partial charge on any atom is -0.480 e. The maximum atomic E-state index is 13.2. The van der Waals surface area contributed by atoms with Gasteiger partial charge in [0.25, 0.3) is 0 Å². The molecule has 0 saturated carbocycles. The quantitative estimate of drug-likeness (QED) is 0.857. The SMILES string of the molecule is CC(CC(=O)Nc1ccn(CC(=O)O)n1)c1cccc(F)c1. The molecule has 1 aromatic heterocycles. The van der Waals surface area contributed by atoms with Gasteiger partial charge in [0.05, 0.1) is 0 Å². The van der Waals surface area contributed by atoms with E-state index in [0.717, 1.165) is 5.56 Å². The first kappa shape index (κ1) is 15.7. The molecule has 0 aliphatic carbocycles. The van der Waals surface area contributed by atoms with Gasteiger partial charge in [0.1, 0.15) is 12.4 Å². The molecule has 2 rings (SSSR count). The van der Waals surface area contributed by atoms with Crippen LogP contribution in [-0.4, -0.2) is 26.8 Å². The summed E-state index contributed by atoms with van der Waals surface area (Å²) in [6.07, 6.45) is 1.65. The van der Waals surface area contributed by atoms with Crippen molar-refractivity contribution >= 4 is 17.7 Å². The molecule has 6 nitrogen and oxygen atoms in total. The van der Waals surface area contributed by atoms with Gasteiger partial charge in [-0.3, -0.25) is 14.3 Å². The van der Waals surface area contributed by atoms with Crippen molar-refractivity contribution in [2.24, 2.45) is 0 Å². The van der Waals surface area contributed by atoms with Crippen LogP contribution in [0.2, 0.25) is 0 Å². The van der Waals surface area contributed by atoms with E-state index in [1.807, 2.05) is 6.92 Å². The van der Waals surface area contributed by atoms with Gasteiger partial charge in [0.2, 0.25) is 5.91 Å². The van der Waals surface area contributed by atoms with Crippen molar-refractivity contribution in [1.29, 1.82) is 0 Å². The fourth-order valence-corrected chi connectivity index (χ4v) is 2.06. The van der Waals surface area contributed by atoms with E-state index in [1.165, 1.54) is 29.1 Å². The van der Waals surface area contributed by atoms with Crippen LogP contribution in [0.3, 0.4) is 0 Å². The summed E-state index contributed by atoms with van der Waals surface area (Å²) in [6.45, 7) is 1.56. The van der Waals surface area contributed by atoms with Crippen LogP contribution in [0.4, 0.5) is 10.2 Å². The fraction of sp³-hybridized carbons (Fsp3) is 0.267. The highest BCUT2D eigenvalue weighted by Crippen LogP contribution is 2.20. The van der Waals surface area contributed by atoms with Crippen LogP contribution in [0.1, 0.15) is 24.8 Å². The summed E-state index contributed by atoms with van der Waals surface area (Å²) >= 11 is 0. The van der Waals surface area contributed by atoms with E-state index in [4.69, 9.17) is 5.11 Å². The van der Waals surface area contributed by atoms with Crippen molar-refractivity contribution in [3.8, 4) is 0 Å². The van der Waals surface area contributed by atoms with Crippen LogP contribution in [0.5, 0.6) is 0 Å². The van der Waals surface area contributed by atoms with E-state index in [-0.39, 0.29) is 36.4 Å². The third-order valence-corrected chi connectivity index (χ3v) is 3.11. The molecule has 1 unspecified atom stereocenters. The smallest absolute Gasteiger partial charge is 0.325 e. The molecule has 0 bridgehead atoms. The van der Waals surface area contributed by atoms with E-state index >= 15 is 0 Å². The molecule has 116 valence electrons. The highest BCUT2D eigenvalue weighted by molar-refractivity contribution is 5.90. The highest BCUT2D eigenvalue weighted by Gasteiger charge is 2.13. The largest absolute Gasteiger partial charge is 0.480 e. The van der Waals surface area contributed by atoms with Crippen LogP contribution >= 0.6 is 0 Å². The molecule has 0 radical (unpaired) electrons. The van der Waals surface area contributed by atoms with E-state index in [0.29, 0.717) is 0 Å². The number of carboxylic acid groups (broad SMARTS) is 1. The molecule has 1 heterocycles. The van der Waals surface area contributed by atoms with Gasteiger partial charge >= 0.3 is 5.97 Å². The lowest BCUT2D eigenvalue weighted by atomic mass is 9.97. The summed E-state index contributed by atoms with van der Waals surface area (Å²) in [5.41, 5.74) is 0.742. The predicted molar refractivity (Wildman–Crippen MR) is 77.9 cm³/mol. The molecule has 1 aromatic carbocycles. The Hall–Kier alpha value is -2.70. The van der Waals surface area contributed by atoms with Crippen LogP contribution in [-0.2, 0) is 16.1 Å². The number of carboxylic acids is 1. The van der Waals surface area contributed by atoms with Gasteiger partial charge in [0.15, 0.2) is 5.82 Å². The molecule has 0 saturated heterocycles. The average molecular weight is 305 g/mol. The van der Waals surface area contributed by atoms with E-state index < -0.39 is 5.97 Å². The Labute approximate surface area is 126 Å². The summed E-state index contributed by atoms with van der Waals surface area (Å²) in [7, 11) is 0. The van der Waals surface area contributed by atoms with E-state index in [9.17, 15) is 14.0 Å². The molecule has 0 spiro atoms. The number of carbonyl (C=O) groups is 2. The second kappa shape index (κ2) is 6.84. The number of nitrogens with one attached hydrogen (secondary N) is 1. The first-order chi connectivity index (χ1) is 10.4. The Bertz CT molecular complexity index is 684. The third kappa shape index (κ3) is 4.41. The van der Waals surface area contributed by atoms with Gasteiger partial charge in [0, 0.05) is 18.7 Å². The average Bonchev–Trinajstić information content (AvgIpc) is 2.84. The molecule has 0 aliphatic heterocycles. The number of aliphatic carboxylic acids is 1. The van der Waals surface area contributed by atoms with E-state index in [2.05, 4.69) is 10.4 Å². The van der Waals surface area contributed by atoms with Crippen molar-refractivity contribution in [1.82, 2.24) is 9.78 Å². The topological polar surface area (TPSA) is 84.2 Å². The summed E-state index contributed by atoms with van der Waals surface area (Å²) in [5, 5.41) is 15.2. The summed E-state index contributed by atoms with van der Waals surface area (Å²) in [6, 6.07) is 7.65. The predicted octanol–water partition coefficient (Wildman–Crippen LogP) is 2.24. The number of aromatic nitrogens is 2. The number of halogens is 1. The molecule has 1 atom stereocenters. The molecule has 0 fully saturated rings. The monoisotopic (exact) mass is 305 g/mol. The van der Waals surface area contributed by atoms with Crippen LogP contribution in [0.25, 0.3) is 0 Å². The Morgan fingerprint density at radius 2 is 2.18 bits per heavy atom. The number of nitrogens with zero attached hydrogens (tertiary/aromatic N) is 2. The second-order valence-electron chi connectivity index (χ2n) is 5.00. The molecular weight excluding hydrogens is 289 g/mol. The van der Waals surface area contributed by atoms with Gasteiger partial charge < -0.3 is 10.4 Å². The lowest BCUT2D eigenvalue weighted by Crippen LogP contribution is -2.15. The first-order valence-corrected chi connectivity index (χ1v) is 6.74. The van der Waals surface area contributed by atoms with Gasteiger partial charge in [-0.2, -0.15) is 5.10 Å².